The van der Waals surface area contributed by atoms with E-state index < -0.39 is 0 Å². The van der Waals surface area contributed by atoms with E-state index in [0.29, 0.717) is 6.04 Å². The van der Waals surface area contributed by atoms with Crippen LogP contribution in [0.4, 0.5) is 5.69 Å². The van der Waals surface area contributed by atoms with E-state index in [2.05, 4.69) is 28.2 Å². The second-order valence-electron chi connectivity index (χ2n) is 5.32. The van der Waals surface area contributed by atoms with E-state index in [1.54, 1.807) is 0 Å². The SMILES string of the molecule is Cn1ccc(CN(Cc2ccccc2N)C2CC2)n1. The molecule has 3 rings (SSSR count). The molecule has 1 aromatic heterocycles. The van der Waals surface area contributed by atoms with Gasteiger partial charge in [0.1, 0.15) is 0 Å². The molecule has 0 radical (unpaired) electrons. The highest BCUT2D eigenvalue weighted by Crippen LogP contribution is 2.30. The molecular weight excluding hydrogens is 236 g/mol. The van der Waals surface area contributed by atoms with E-state index in [4.69, 9.17) is 5.73 Å². The van der Waals surface area contributed by atoms with Gasteiger partial charge in [-0.25, -0.2) is 0 Å². The van der Waals surface area contributed by atoms with Crippen LogP contribution in [0.2, 0.25) is 0 Å². The van der Waals surface area contributed by atoms with Gasteiger partial charge >= 0.3 is 0 Å². The van der Waals surface area contributed by atoms with Gasteiger partial charge in [0.25, 0.3) is 0 Å². The lowest BCUT2D eigenvalue weighted by molar-refractivity contribution is 0.242. The minimum Gasteiger partial charge on any atom is -0.398 e. The van der Waals surface area contributed by atoms with Crippen molar-refractivity contribution in [2.75, 3.05) is 5.73 Å². The lowest BCUT2D eigenvalue weighted by Crippen LogP contribution is -2.25. The zero-order chi connectivity index (χ0) is 13.2. The fourth-order valence-corrected chi connectivity index (χ4v) is 2.41. The molecule has 0 amide bonds. The van der Waals surface area contributed by atoms with Gasteiger partial charge in [0.05, 0.1) is 5.69 Å². The molecule has 0 saturated heterocycles. The first kappa shape index (κ1) is 12.2. The maximum atomic E-state index is 6.04. The Bertz CT molecular complexity index is 557. The Hall–Kier alpha value is -1.81. The molecule has 1 aromatic carbocycles. The van der Waals surface area contributed by atoms with Gasteiger partial charge < -0.3 is 5.73 Å². The second-order valence-corrected chi connectivity index (χ2v) is 5.32. The standard InChI is InChI=1S/C15H20N4/c1-18-9-8-13(17-18)11-19(14-6-7-14)10-12-4-2-3-5-15(12)16/h2-5,8-9,14H,6-7,10-11,16H2,1H3. The zero-order valence-electron chi connectivity index (χ0n) is 11.3. The Kier molecular flexibility index (Phi) is 3.25. The summed E-state index contributed by atoms with van der Waals surface area (Å²) in [6.45, 7) is 1.81. The highest BCUT2D eigenvalue weighted by molar-refractivity contribution is 5.46. The molecule has 100 valence electrons. The average Bonchev–Trinajstić information content (AvgIpc) is 3.16. The quantitative estimate of drug-likeness (QED) is 0.834. The molecule has 1 fully saturated rings. The van der Waals surface area contributed by atoms with Gasteiger partial charge in [-0.15, -0.1) is 0 Å². The number of aryl methyl sites for hydroxylation is 1. The number of rotatable bonds is 5. The van der Waals surface area contributed by atoms with Crippen LogP contribution in [0.25, 0.3) is 0 Å². The van der Waals surface area contributed by atoms with Gasteiger partial charge in [-0.05, 0) is 30.5 Å². The first-order valence-electron chi connectivity index (χ1n) is 6.78. The molecule has 0 atom stereocenters. The lowest BCUT2D eigenvalue weighted by Gasteiger charge is -2.21. The first-order chi connectivity index (χ1) is 9.22. The molecule has 4 nitrogen and oxygen atoms in total. The van der Waals surface area contributed by atoms with Crippen LogP contribution >= 0.6 is 0 Å². The van der Waals surface area contributed by atoms with Crippen LogP contribution in [0.1, 0.15) is 24.1 Å². The van der Waals surface area contributed by atoms with Crippen LogP contribution in [-0.4, -0.2) is 20.7 Å². The molecule has 1 aliphatic rings. The summed E-state index contributed by atoms with van der Waals surface area (Å²) in [5.41, 5.74) is 9.27. The summed E-state index contributed by atoms with van der Waals surface area (Å²) in [6.07, 6.45) is 4.58. The lowest BCUT2D eigenvalue weighted by atomic mass is 10.1. The van der Waals surface area contributed by atoms with Gasteiger partial charge in [-0.1, -0.05) is 18.2 Å². The predicted octanol–water partition coefficient (Wildman–Crippen LogP) is 2.17. The monoisotopic (exact) mass is 256 g/mol. The van der Waals surface area contributed by atoms with Gasteiger partial charge in [0, 0.05) is 38.1 Å². The summed E-state index contributed by atoms with van der Waals surface area (Å²) in [4.78, 5) is 2.48. The van der Waals surface area contributed by atoms with E-state index >= 15 is 0 Å². The Morgan fingerprint density at radius 1 is 1.26 bits per heavy atom. The second kappa shape index (κ2) is 5.05. The fourth-order valence-electron chi connectivity index (χ4n) is 2.41. The van der Waals surface area contributed by atoms with Crippen LogP contribution in [0.15, 0.2) is 36.5 Å². The van der Waals surface area contributed by atoms with Crippen LogP contribution < -0.4 is 5.73 Å². The van der Waals surface area contributed by atoms with E-state index in [1.165, 1.54) is 18.4 Å². The van der Waals surface area contributed by atoms with Crippen LogP contribution in [-0.2, 0) is 20.1 Å². The normalized spacial score (nSPS) is 15.1. The minimum atomic E-state index is 0.696. The maximum absolute atomic E-state index is 6.04. The largest absolute Gasteiger partial charge is 0.398 e. The topological polar surface area (TPSA) is 47.1 Å². The number of nitrogen functional groups attached to an aromatic ring is 1. The third-order valence-corrected chi connectivity index (χ3v) is 3.63. The first-order valence-corrected chi connectivity index (χ1v) is 6.78. The number of hydrogen-bond donors (Lipinski definition) is 1. The van der Waals surface area contributed by atoms with E-state index in [9.17, 15) is 0 Å². The zero-order valence-corrected chi connectivity index (χ0v) is 11.3. The van der Waals surface area contributed by atoms with Gasteiger partial charge in [0.2, 0.25) is 0 Å². The fraction of sp³-hybridized carbons (Fsp3) is 0.400. The number of aromatic nitrogens is 2. The van der Waals surface area contributed by atoms with E-state index in [1.807, 2.05) is 30.1 Å². The summed E-state index contributed by atoms with van der Waals surface area (Å²) in [6, 6.07) is 10.9. The van der Waals surface area contributed by atoms with Gasteiger partial charge in [-0.3, -0.25) is 9.58 Å². The van der Waals surface area contributed by atoms with Crippen molar-refractivity contribution in [3.63, 3.8) is 0 Å². The van der Waals surface area contributed by atoms with Gasteiger partial charge in [0.15, 0.2) is 0 Å². The molecule has 2 aromatic rings. The predicted molar refractivity (Wildman–Crippen MR) is 76.3 cm³/mol. The average molecular weight is 256 g/mol. The van der Waals surface area contributed by atoms with Crippen molar-refractivity contribution in [2.24, 2.45) is 7.05 Å². The smallest absolute Gasteiger partial charge is 0.0764 e. The Morgan fingerprint density at radius 3 is 2.68 bits per heavy atom. The summed E-state index contributed by atoms with van der Waals surface area (Å²) in [5, 5.41) is 4.47. The van der Waals surface area contributed by atoms with Crippen molar-refractivity contribution in [2.45, 2.75) is 32.0 Å². The third-order valence-electron chi connectivity index (χ3n) is 3.63. The van der Waals surface area contributed by atoms with Crippen molar-refractivity contribution >= 4 is 5.69 Å². The van der Waals surface area contributed by atoms with Crippen LogP contribution in [0.3, 0.4) is 0 Å². The molecule has 19 heavy (non-hydrogen) atoms. The molecule has 4 heteroatoms. The Balaban J connectivity index is 1.73. The van der Waals surface area contributed by atoms with Gasteiger partial charge in [-0.2, -0.15) is 5.10 Å². The molecule has 0 unspecified atom stereocenters. The van der Waals surface area contributed by atoms with Crippen molar-refractivity contribution in [3.05, 3.63) is 47.8 Å². The highest BCUT2D eigenvalue weighted by Gasteiger charge is 2.29. The number of nitrogens with zero attached hydrogens (tertiary/aromatic N) is 3. The number of nitrogens with two attached hydrogens (primary N) is 1. The third kappa shape index (κ3) is 2.96. The number of benzene rings is 1. The molecular formula is C15H20N4. The van der Waals surface area contributed by atoms with Crippen molar-refractivity contribution in [3.8, 4) is 0 Å². The van der Waals surface area contributed by atoms with Crippen molar-refractivity contribution in [1.82, 2.24) is 14.7 Å². The number of hydrogen-bond acceptors (Lipinski definition) is 3. The number of para-hydroxylation sites is 1. The molecule has 1 aliphatic carbocycles. The van der Waals surface area contributed by atoms with Crippen LogP contribution in [0, 0.1) is 0 Å². The summed E-state index contributed by atoms with van der Waals surface area (Å²) in [7, 11) is 1.96. The summed E-state index contributed by atoms with van der Waals surface area (Å²) < 4.78 is 1.86. The van der Waals surface area contributed by atoms with E-state index in [0.717, 1.165) is 24.5 Å². The molecule has 2 N–H and O–H groups in total. The molecule has 1 saturated carbocycles. The van der Waals surface area contributed by atoms with Crippen LogP contribution in [0.5, 0.6) is 0 Å². The highest BCUT2D eigenvalue weighted by atomic mass is 15.3. The van der Waals surface area contributed by atoms with Crippen molar-refractivity contribution < 1.29 is 0 Å². The molecule has 0 bridgehead atoms. The van der Waals surface area contributed by atoms with Crippen molar-refractivity contribution in [1.29, 1.82) is 0 Å². The Morgan fingerprint density at radius 2 is 2.05 bits per heavy atom. The van der Waals surface area contributed by atoms with E-state index in [-0.39, 0.29) is 0 Å². The maximum Gasteiger partial charge on any atom is 0.0764 e. The minimum absolute atomic E-state index is 0.696. The molecule has 0 spiro atoms. The molecule has 0 aliphatic heterocycles. The summed E-state index contributed by atoms with van der Waals surface area (Å²) >= 11 is 0. The molecule has 1 heterocycles. The summed E-state index contributed by atoms with van der Waals surface area (Å²) in [5.74, 6) is 0. The number of anilines is 1. The Labute approximate surface area is 113 Å².